The molecule has 15 heavy (non-hydrogen) atoms. The van der Waals surface area contributed by atoms with E-state index in [9.17, 15) is 4.79 Å². The Kier molecular flexibility index (Phi) is 3.63. The summed E-state index contributed by atoms with van der Waals surface area (Å²) in [5.41, 5.74) is 0. The zero-order valence-electron chi connectivity index (χ0n) is 8.03. The lowest BCUT2D eigenvalue weighted by Crippen LogP contribution is -2.37. The van der Waals surface area contributed by atoms with Crippen molar-refractivity contribution in [2.24, 2.45) is 4.99 Å². The maximum atomic E-state index is 11.4. The SMILES string of the molecule is O=C(NCc1cccs1)NC1=NCCS1. The van der Waals surface area contributed by atoms with Crippen molar-refractivity contribution in [3.63, 3.8) is 0 Å². The van der Waals surface area contributed by atoms with Crippen molar-refractivity contribution in [3.05, 3.63) is 22.4 Å². The van der Waals surface area contributed by atoms with Gasteiger partial charge in [-0.05, 0) is 11.4 Å². The predicted molar refractivity (Wildman–Crippen MR) is 64.5 cm³/mol. The Morgan fingerprint density at radius 3 is 3.20 bits per heavy atom. The van der Waals surface area contributed by atoms with Gasteiger partial charge in [0.2, 0.25) is 0 Å². The zero-order valence-corrected chi connectivity index (χ0v) is 9.66. The highest BCUT2D eigenvalue weighted by Gasteiger charge is 2.09. The van der Waals surface area contributed by atoms with Crippen LogP contribution in [0.15, 0.2) is 22.5 Å². The molecule has 0 unspecified atom stereocenters. The Morgan fingerprint density at radius 1 is 1.60 bits per heavy atom. The summed E-state index contributed by atoms with van der Waals surface area (Å²) in [7, 11) is 0. The van der Waals surface area contributed by atoms with E-state index in [1.165, 1.54) is 0 Å². The quantitative estimate of drug-likeness (QED) is 0.827. The second-order valence-corrected chi connectivity index (χ2v) is 5.04. The first kappa shape index (κ1) is 10.5. The van der Waals surface area contributed by atoms with Crippen molar-refractivity contribution >= 4 is 34.3 Å². The number of urea groups is 1. The molecule has 2 heterocycles. The lowest BCUT2D eigenvalue weighted by molar-refractivity contribution is 0.245. The summed E-state index contributed by atoms with van der Waals surface area (Å²) in [4.78, 5) is 16.7. The van der Waals surface area contributed by atoms with E-state index in [1.54, 1.807) is 23.1 Å². The lowest BCUT2D eigenvalue weighted by atomic mass is 10.5. The van der Waals surface area contributed by atoms with Crippen molar-refractivity contribution < 1.29 is 4.79 Å². The Bertz CT molecular complexity index is 361. The van der Waals surface area contributed by atoms with Crippen molar-refractivity contribution in [1.82, 2.24) is 10.6 Å². The van der Waals surface area contributed by atoms with E-state index in [1.807, 2.05) is 17.5 Å². The molecular weight excluding hydrogens is 230 g/mol. The van der Waals surface area contributed by atoms with Gasteiger partial charge in [0, 0.05) is 10.6 Å². The highest BCUT2D eigenvalue weighted by Crippen LogP contribution is 2.09. The van der Waals surface area contributed by atoms with E-state index in [2.05, 4.69) is 15.6 Å². The smallest absolute Gasteiger partial charge is 0.321 e. The summed E-state index contributed by atoms with van der Waals surface area (Å²) in [6.07, 6.45) is 0. The molecule has 2 rings (SSSR count). The van der Waals surface area contributed by atoms with Crippen LogP contribution in [0.3, 0.4) is 0 Å². The van der Waals surface area contributed by atoms with Crippen molar-refractivity contribution in [2.45, 2.75) is 6.54 Å². The summed E-state index contributed by atoms with van der Waals surface area (Å²) < 4.78 is 0. The van der Waals surface area contributed by atoms with Crippen LogP contribution in [-0.4, -0.2) is 23.5 Å². The van der Waals surface area contributed by atoms with Crippen molar-refractivity contribution in [1.29, 1.82) is 0 Å². The minimum Gasteiger partial charge on any atom is -0.333 e. The molecule has 0 spiro atoms. The normalized spacial score (nSPS) is 14.8. The van der Waals surface area contributed by atoms with Gasteiger partial charge in [0.1, 0.15) is 0 Å². The van der Waals surface area contributed by atoms with Gasteiger partial charge < -0.3 is 5.32 Å². The largest absolute Gasteiger partial charge is 0.333 e. The van der Waals surface area contributed by atoms with Crippen LogP contribution in [0.1, 0.15) is 4.88 Å². The topological polar surface area (TPSA) is 53.5 Å². The number of amidine groups is 1. The maximum absolute atomic E-state index is 11.4. The summed E-state index contributed by atoms with van der Waals surface area (Å²) in [6.45, 7) is 1.37. The Morgan fingerprint density at radius 2 is 2.53 bits per heavy atom. The standard InChI is InChI=1S/C9H11N3OS2/c13-8(12-9-10-3-5-15-9)11-6-7-2-1-4-14-7/h1-2,4H,3,5-6H2,(H2,10,11,12,13). The number of carbonyl (C=O) groups excluding carboxylic acids is 1. The number of thioether (sulfide) groups is 1. The van der Waals surface area contributed by atoms with E-state index in [0.29, 0.717) is 6.54 Å². The van der Waals surface area contributed by atoms with Gasteiger partial charge in [-0.25, -0.2) is 4.79 Å². The summed E-state index contributed by atoms with van der Waals surface area (Å²) >= 11 is 3.20. The molecule has 0 saturated heterocycles. The molecule has 80 valence electrons. The second-order valence-electron chi connectivity index (χ2n) is 2.92. The molecule has 1 aromatic rings. The van der Waals surface area contributed by atoms with Crippen LogP contribution in [0, 0.1) is 0 Å². The lowest BCUT2D eigenvalue weighted by Gasteiger charge is -2.04. The van der Waals surface area contributed by atoms with E-state index < -0.39 is 0 Å². The van der Waals surface area contributed by atoms with E-state index in [4.69, 9.17) is 0 Å². The van der Waals surface area contributed by atoms with Crippen LogP contribution >= 0.6 is 23.1 Å². The first-order valence-electron chi connectivity index (χ1n) is 4.59. The first-order valence-corrected chi connectivity index (χ1v) is 6.45. The van der Waals surface area contributed by atoms with E-state index in [0.717, 1.165) is 22.3 Å². The van der Waals surface area contributed by atoms with Crippen LogP contribution in [0.4, 0.5) is 4.79 Å². The zero-order chi connectivity index (χ0) is 10.5. The fourth-order valence-electron chi connectivity index (χ4n) is 1.13. The van der Waals surface area contributed by atoms with Crippen LogP contribution in [0.25, 0.3) is 0 Å². The molecule has 1 aliphatic rings. The van der Waals surface area contributed by atoms with Gasteiger partial charge >= 0.3 is 6.03 Å². The average molecular weight is 241 g/mol. The molecule has 0 aromatic carbocycles. The molecular formula is C9H11N3OS2. The molecule has 0 bridgehead atoms. The Hall–Kier alpha value is -1.01. The minimum atomic E-state index is -0.184. The maximum Gasteiger partial charge on any atom is 0.321 e. The second kappa shape index (κ2) is 5.18. The first-order chi connectivity index (χ1) is 7.34. The molecule has 0 radical (unpaired) electrons. The van der Waals surface area contributed by atoms with Crippen LogP contribution in [-0.2, 0) is 6.54 Å². The van der Waals surface area contributed by atoms with E-state index in [-0.39, 0.29) is 6.03 Å². The van der Waals surface area contributed by atoms with Gasteiger partial charge in [0.25, 0.3) is 0 Å². The number of thiophene rings is 1. The van der Waals surface area contributed by atoms with Crippen LogP contribution in [0.5, 0.6) is 0 Å². The summed E-state index contributed by atoms with van der Waals surface area (Å²) in [6, 6.07) is 3.78. The third-order valence-corrected chi connectivity index (χ3v) is 3.58. The van der Waals surface area contributed by atoms with Gasteiger partial charge in [-0.15, -0.1) is 11.3 Å². The highest BCUT2D eigenvalue weighted by molar-refractivity contribution is 8.14. The molecule has 1 aromatic heterocycles. The monoisotopic (exact) mass is 241 g/mol. The number of carbonyl (C=O) groups is 1. The predicted octanol–water partition coefficient (Wildman–Crippen LogP) is 1.65. The summed E-state index contributed by atoms with van der Waals surface area (Å²) in [5.74, 6) is 0.959. The summed E-state index contributed by atoms with van der Waals surface area (Å²) in [5, 5.41) is 8.20. The highest BCUT2D eigenvalue weighted by atomic mass is 32.2. The number of hydrogen-bond donors (Lipinski definition) is 2. The molecule has 2 amide bonds. The molecule has 0 aliphatic carbocycles. The molecule has 1 aliphatic heterocycles. The molecule has 0 saturated carbocycles. The number of aliphatic imine (C=N–C) groups is 1. The molecule has 0 fully saturated rings. The van der Waals surface area contributed by atoms with Crippen LogP contribution in [0.2, 0.25) is 0 Å². The number of amides is 2. The number of rotatable bonds is 2. The molecule has 2 N–H and O–H groups in total. The molecule has 4 nitrogen and oxygen atoms in total. The van der Waals surface area contributed by atoms with Gasteiger partial charge in [-0.2, -0.15) is 0 Å². The van der Waals surface area contributed by atoms with Gasteiger partial charge in [0.05, 0.1) is 13.1 Å². The number of hydrogen-bond acceptors (Lipinski definition) is 4. The Balaban J connectivity index is 1.73. The third-order valence-electron chi connectivity index (χ3n) is 1.81. The minimum absolute atomic E-state index is 0.184. The van der Waals surface area contributed by atoms with Gasteiger partial charge in [-0.1, -0.05) is 17.8 Å². The fraction of sp³-hybridized carbons (Fsp3) is 0.333. The van der Waals surface area contributed by atoms with Gasteiger partial charge in [-0.3, -0.25) is 10.3 Å². The van der Waals surface area contributed by atoms with Crippen molar-refractivity contribution in [3.8, 4) is 0 Å². The molecule has 0 atom stereocenters. The fourth-order valence-corrected chi connectivity index (χ4v) is 2.50. The average Bonchev–Trinajstić information content (AvgIpc) is 2.86. The van der Waals surface area contributed by atoms with Crippen LogP contribution < -0.4 is 10.6 Å². The third kappa shape index (κ3) is 3.24. The van der Waals surface area contributed by atoms with E-state index >= 15 is 0 Å². The number of nitrogens with zero attached hydrogens (tertiary/aromatic N) is 1. The molecule has 6 heteroatoms. The van der Waals surface area contributed by atoms with Gasteiger partial charge in [0.15, 0.2) is 5.17 Å². The number of nitrogens with one attached hydrogen (secondary N) is 2. The van der Waals surface area contributed by atoms with Crippen molar-refractivity contribution in [2.75, 3.05) is 12.3 Å². The Labute approximate surface area is 96.2 Å².